The number of piperidine rings is 1. The number of aliphatic carboxylic acids is 1. The topological polar surface area (TPSA) is 40.5 Å². The van der Waals surface area contributed by atoms with E-state index < -0.39 is 5.97 Å². The van der Waals surface area contributed by atoms with Crippen molar-refractivity contribution in [2.45, 2.75) is 52.0 Å². The normalized spacial score (nSPS) is 21.5. The van der Waals surface area contributed by atoms with E-state index in [1.54, 1.807) is 0 Å². The molecular weight excluding hydrogens is 190 g/mol. The average Bonchev–Trinajstić information content (AvgIpc) is 2.26. The van der Waals surface area contributed by atoms with Crippen LogP contribution in [0.15, 0.2) is 0 Å². The molecule has 0 aromatic carbocycles. The molecular formula is C12H23NO2. The Morgan fingerprint density at radius 2 is 2.07 bits per heavy atom. The first-order valence-electron chi connectivity index (χ1n) is 6.09. The summed E-state index contributed by atoms with van der Waals surface area (Å²) in [5.41, 5.74) is 0. The Morgan fingerprint density at radius 3 is 2.53 bits per heavy atom. The molecule has 1 fully saturated rings. The first-order chi connectivity index (χ1) is 7.13. The number of carboxylic acids is 1. The lowest BCUT2D eigenvalue weighted by atomic mass is 9.93. The standard InChI is InChI=1S/C12H23NO2/c1-3-11-6-8-13(9-7-11)10(2)4-5-12(14)15/h10-11H,3-9H2,1-2H3,(H,14,15). The van der Waals surface area contributed by atoms with Crippen molar-refractivity contribution in [2.75, 3.05) is 13.1 Å². The van der Waals surface area contributed by atoms with Gasteiger partial charge in [-0.3, -0.25) is 4.79 Å². The maximum atomic E-state index is 10.5. The highest BCUT2D eigenvalue weighted by atomic mass is 16.4. The number of likely N-dealkylation sites (tertiary alicyclic amines) is 1. The van der Waals surface area contributed by atoms with Crippen molar-refractivity contribution in [3.05, 3.63) is 0 Å². The molecule has 1 unspecified atom stereocenters. The van der Waals surface area contributed by atoms with Crippen LogP contribution in [0.2, 0.25) is 0 Å². The quantitative estimate of drug-likeness (QED) is 0.762. The van der Waals surface area contributed by atoms with E-state index in [4.69, 9.17) is 5.11 Å². The molecule has 0 spiro atoms. The molecule has 0 aromatic rings. The lowest BCUT2D eigenvalue weighted by molar-refractivity contribution is -0.137. The lowest BCUT2D eigenvalue weighted by Crippen LogP contribution is -2.40. The molecule has 1 aliphatic heterocycles. The number of carbonyl (C=O) groups is 1. The summed E-state index contributed by atoms with van der Waals surface area (Å²) in [7, 11) is 0. The molecule has 0 aromatic heterocycles. The number of hydrogen-bond donors (Lipinski definition) is 1. The summed E-state index contributed by atoms with van der Waals surface area (Å²) < 4.78 is 0. The third-order valence-corrected chi connectivity index (χ3v) is 3.63. The van der Waals surface area contributed by atoms with Gasteiger partial charge in [-0.25, -0.2) is 0 Å². The van der Waals surface area contributed by atoms with Gasteiger partial charge in [0.15, 0.2) is 0 Å². The Labute approximate surface area is 92.5 Å². The van der Waals surface area contributed by atoms with Crippen LogP contribution in [0.25, 0.3) is 0 Å². The highest BCUT2D eigenvalue weighted by Crippen LogP contribution is 2.22. The Balaban J connectivity index is 2.23. The summed E-state index contributed by atoms with van der Waals surface area (Å²) in [6.45, 7) is 6.71. The number of rotatable bonds is 5. The molecule has 3 heteroatoms. The van der Waals surface area contributed by atoms with E-state index in [9.17, 15) is 4.79 Å². The zero-order valence-electron chi connectivity index (χ0n) is 9.91. The molecule has 0 aliphatic carbocycles. The van der Waals surface area contributed by atoms with Crippen LogP contribution in [0.1, 0.15) is 46.0 Å². The van der Waals surface area contributed by atoms with E-state index in [1.165, 1.54) is 19.3 Å². The molecule has 1 atom stereocenters. The molecule has 1 aliphatic rings. The molecule has 88 valence electrons. The van der Waals surface area contributed by atoms with E-state index in [-0.39, 0.29) is 0 Å². The van der Waals surface area contributed by atoms with Crippen molar-refractivity contribution in [1.29, 1.82) is 0 Å². The van der Waals surface area contributed by atoms with Crippen LogP contribution in [0.3, 0.4) is 0 Å². The van der Waals surface area contributed by atoms with Gasteiger partial charge >= 0.3 is 5.97 Å². The Morgan fingerprint density at radius 1 is 1.47 bits per heavy atom. The summed E-state index contributed by atoms with van der Waals surface area (Å²) in [6.07, 6.45) is 4.94. The highest BCUT2D eigenvalue weighted by Gasteiger charge is 2.21. The molecule has 1 heterocycles. The van der Waals surface area contributed by atoms with Crippen LogP contribution in [0, 0.1) is 5.92 Å². The Kier molecular flexibility index (Phi) is 5.09. The van der Waals surface area contributed by atoms with Crippen molar-refractivity contribution in [3.8, 4) is 0 Å². The van der Waals surface area contributed by atoms with E-state index >= 15 is 0 Å². The summed E-state index contributed by atoms with van der Waals surface area (Å²) in [4.78, 5) is 12.9. The minimum atomic E-state index is -0.676. The Bertz CT molecular complexity index is 198. The molecule has 1 rings (SSSR count). The number of hydrogen-bond acceptors (Lipinski definition) is 2. The molecule has 0 radical (unpaired) electrons. The largest absolute Gasteiger partial charge is 0.481 e. The van der Waals surface area contributed by atoms with Gasteiger partial charge in [0.25, 0.3) is 0 Å². The van der Waals surface area contributed by atoms with Crippen LogP contribution in [0.5, 0.6) is 0 Å². The fourth-order valence-electron chi connectivity index (χ4n) is 2.32. The minimum Gasteiger partial charge on any atom is -0.481 e. The van der Waals surface area contributed by atoms with E-state index in [1.807, 2.05) is 0 Å². The van der Waals surface area contributed by atoms with Gasteiger partial charge in [-0.2, -0.15) is 0 Å². The third kappa shape index (κ3) is 4.20. The monoisotopic (exact) mass is 213 g/mol. The van der Waals surface area contributed by atoms with Gasteiger partial charge in [-0.1, -0.05) is 13.3 Å². The van der Waals surface area contributed by atoms with E-state index in [2.05, 4.69) is 18.7 Å². The van der Waals surface area contributed by atoms with Crippen LogP contribution in [-0.4, -0.2) is 35.1 Å². The van der Waals surface area contributed by atoms with Gasteiger partial charge < -0.3 is 10.0 Å². The van der Waals surface area contributed by atoms with E-state index in [0.717, 1.165) is 25.4 Å². The number of carboxylic acid groups (broad SMARTS) is 1. The first-order valence-corrected chi connectivity index (χ1v) is 6.09. The second-order valence-electron chi connectivity index (χ2n) is 4.67. The second kappa shape index (κ2) is 6.11. The third-order valence-electron chi connectivity index (χ3n) is 3.63. The summed E-state index contributed by atoms with van der Waals surface area (Å²) in [5, 5.41) is 8.62. The van der Waals surface area contributed by atoms with Gasteiger partial charge in [0, 0.05) is 12.5 Å². The predicted molar refractivity (Wildman–Crippen MR) is 60.9 cm³/mol. The maximum absolute atomic E-state index is 10.5. The smallest absolute Gasteiger partial charge is 0.303 e. The van der Waals surface area contributed by atoms with Crippen LogP contribution >= 0.6 is 0 Å². The second-order valence-corrected chi connectivity index (χ2v) is 4.67. The van der Waals surface area contributed by atoms with Gasteiger partial charge in [0.05, 0.1) is 0 Å². The maximum Gasteiger partial charge on any atom is 0.303 e. The molecule has 1 saturated heterocycles. The number of nitrogens with zero attached hydrogens (tertiary/aromatic N) is 1. The van der Waals surface area contributed by atoms with Crippen molar-refractivity contribution in [3.63, 3.8) is 0 Å². The first kappa shape index (κ1) is 12.5. The van der Waals surface area contributed by atoms with Gasteiger partial charge in [-0.15, -0.1) is 0 Å². The molecule has 0 amide bonds. The van der Waals surface area contributed by atoms with Crippen LogP contribution in [-0.2, 0) is 4.79 Å². The van der Waals surface area contributed by atoms with E-state index in [0.29, 0.717) is 12.5 Å². The van der Waals surface area contributed by atoms with Crippen LogP contribution in [0.4, 0.5) is 0 Å². The van der Waals surface area contributed by atoms with Crippen molar-refractivity contribution < 1.29 is 9.90 Å². The van der Waals surface area contributed by atoms with Gasteiger partial charge in [0.1, 0.15) is 0 Å². The lowest BCUT2D eigenvalue weighted by Gasteiger charge is -2.35. The van der Waals surface area contributed by atoms with Crippen molar-refractivity contribution in [1.82, 2.24) is 4.90 Å². The summed E-state index contributed by atoms with van der Waals surface area (Å²) >= 11 is 0. The summed E-state index contributed by atoms with van der Waals surface area (Å²) in [6, 6.07) is 0.430. The minimum absolute atomic E-state index is 0.300. The molecule has 1 N–H and O–H groups in total. The van der Waals surface area contributed by atoms with Crippen LogP contribution < -0.4 is 0 Å². The molecule has 0 bridgehead atoms. The zero-order valence-corrected chi connectivity index (χ0v) is 9.91. The zero-order chi connectivity index (χ0) is 11.3. The van der Waals surface area contributed by atoms with Crippen molar-refractivity contribution in [2.24, 2.45) is 5.92 Å². The molecule has 0 saturated carbocycles. The average molecular weight is 213 g/mol. The van der Waals surface area contributed by atoms with Crippen molar-refractivity contribution >= 4 is 5.97 Å². The SMILES string of the molecule is CCC1CCN(C(C)CCC(=O)O)CC1. The predicted octanol–water partition coefficient (Wildman–Crippen LogP) is 2.36. The van der Waals surface area contributed by atoms with Gasteiger partial charge in [-0.05, 0) is 45.2 Å². The Hall–Kier alpha value is -0.570. The fourth-order valence-corrected chi connectivity index (χ4v) is 2.32. The fraction of sp³-hybridized carbons (Fsp3) is 0.917. The summed E-state index contributed by atoms with van der Waals surface area (Å²) in [5.74, 6) is 0.221. The molecule has 3 nitrogen and oxygen atoms in total. The molecule has 15 heavy (non-hydrogen) atoms. The van der Waals surface area contributed by atoms with Gasteiger partial charge in [0.2, 0.25) is 0 Å². The highest BCUT2D eigenvalue weighted by molar-refractivity contribution is 5.66.